The molecule has 2 aromatic carbocycles. The Balaban J connectivity index is 1.77. The van der Waals surface area contributed by atoms with Crippen LogP contribution in [0.3, 0.4) is 0 Å². The first-order chi connectivity index (χ1) is 14.0. The Morgan fingerprint density at radius 2 is 1.93 bits per heavy atom. The molecule has 1 fully saturated rings. The SMILES string of the molecule is COc1cccc(CC(NC(C)=O)C(=O)N2C[C@@H](CN)[C@H](c3ccccc3)C2)c1. The van der Waals surface area contributed by atoms with Crippen molar-refractivity contribution in [3.05, 3.63) is 65.7 Å². The summed E-state index contributed by atoms with van der Waals surface area (Å²) in [6.07, 6.45) is 0.412. The van der Waals surface area contributed by atoms with Crippen LogP contribution in [0.25, 0.3) is 0 Å². The largest absolute Gasteiger partial charge is 0.497 e. The Morgan fingerprint density at radius 1 is 1.17 bits per heavy atom. The minimum Gasteiger partial charge on any atom is -0.497 e. The molecule has 1 unspecified atom stereocenters. The maximum absolute atomic E-state index is 13.3. The fourth-order valence-corrected chi connectivity index (χ4v) is 4.07. The molecule has 1 heterocycles. The average Bonchev–Trinajstić information content (AvgIpc) is 3.17. The average molecular weight is 396 g/mol. The van der Waals surface area contributed by atoms with E-state index in [0.29, 0.717) is 26.1 Å². The number of hydrogen-bond acceptors (Lipinski definition) is 4. The summed E-state index contributed by atoms with van der Waals surface area (Å²) in [6, 6.07) is 17.1. The fourth-order valence-electron chi connectivity index (χ4n) is 4.07. The highest BCUT2D eigenvalue weighted by atomic mass is 16.5. The zero-order valence-corrected chi connectivity index (χ0v) is 17.0. The summed E-state index contributed by atoms with van der Waals surface area (Å²) in [5, 5.41) is 2.83. The van der Waals surface area contributed by atoms with Gasteiger partial charge in [-0.3, -0.25) is 9.59 Å². The van der Waals surface area contributed by atoms with Gasteiger partial charge < -0.3 is 20.7 Å². The molecule has 0 radical (unpaired) electrons. The molecule has 0 bridgehead atoms. The van der Waals surface area contributed by atoms with E-state index in [1.807, 2.05) is 47.4 Å². The Morgan fingerprint density at radius 3 is 2.59 bits per heavy atom. The van der Waals surface area contributed by atoms with Gasteiger partial charge in [0, 0.05) is 32.4 Å². The second-order valence-corrected chi connectivity index (χ2v) is 7.56. The first kappa shape index (κ1) is 20.9. The van der Waals surface area contributed by atoms with Gasteiger partial charge in [0.15, 0.2) is 0 Å². The molecule has 0 saturated carbocycles. The number of rotatable bonds is 7. The van der Waals surface area contributed by atoms with Gasteiger partial charge in [-0.15, -0.1) is 0 Å². The molecule has 2 amide bonds. The second kappa shape index (κ2) is 9.56. The van der Waals surface area contributed by atoms with E-state index in [-0.39, 0.29) is 23.7 Å². The first-order valence-electron chi connectivity index (χ1n) is 9.95. The fraction of sp³-hybridized carbons (Fsp3) is 0.391. The van der Waals surface area contributed by atoms with E-state index >= 15 is 0 Å². The molecular formula is C23H29N3O3. The van der Waals surface area contributed by atoms with Gasteiger partial charge >= 0.3 is 0 Å². The van der Waals surface area contributed by atoms with Crippen LogP contribution in [0.5, 0.6) is 5.75 Å². The minimum atomic E-state index is -0.618. The standard InChI is InChI=1S/C23H29N3O3/c1-16(27)25-22(12-17-7-6-10-20(11-17)29-2)23(28)26-14-19(13-24)21(15-26)18-8-4-3-5-9-18/h3-11,19,21-22H,12-15,24H2,1-2H3,(H,25,27)/t19-,21+,22?/m1/s1. The van der Waals surface area contributed by atoms with Gasteiger partial charge in [0.1, 0.15) is 11.8 Å². The predicted octanol–water partition coefficient (Wildman–Crippen LogP) is 1.94. The number of carbonyl (C=O) groups excluding carboxylic acids is 2. The van der Waals surface area contributed by atoms with Gasteiger partial charge in [0.25, 0.3) is 0 Å². The molecule has 6 heteroatoms. The number of nitrogens with zero attached hydrogens (tertiary/aromatic N) is 1. The number of nitrogens with one attached hydrogen (secondary N) is 1. The van der Waals surface area contributed by atoms with Gasteiger partial charge in [-0.2, -0.15) is 0 Å². The van der Waals surface area contributed by atoms with Gasteiger partial charge in [-0.25, -0.2) is 0 Å². The van der Waals surface area contributed by atoms with Gasteiger partial charge in [-0.05, 0) is 35.7 Å². The molecule has 3 atom stereocenters. The minimum absolute atomic E-state index is 0.0695. The first-order valence-corrected chi connectivity index (χ1v) is 9.95. The number of ether oxygens (including phenoxy) is 1. The van der Waals surface area contributed by atoms with Crippen LogP contribution in [0, 0.1) is 5.92 Å². The van der Waals surface area contributed by atoms with E-state index in [0.717, 1.165) is 11.3 Å². The van der Waals surface area contributed by atoms with Crippen LogP contribution in [0.4, 0.5) is 0 Å². The molecule has 1 saturated heterocycles. The normalized spacial score (nSPS) is 19.6. The quantitative estimate of drug-likeness (QED) is 0.750. The van der Waals surface area contributed by atoms with Crippen LogP contribution in [0.2, 0.25) is 0 Å². The maximum Gasteiger partial charge on any atom is 0.245 e. The topological polar surface area (TPSA) is 84.7 Å². The zero-order valence-electron chi connectivity index (χ0n) is 17.0. The molecule has 0 spiro atoms. The highest BCUT2D eigenvalue weighted by Crippen LogP contribution is 2.32. The van der Waals surface area contributed by atoms with Crippen molar-refractivity contribution < 1.29 is 14.3 Å². The molecule has 6 nitrogen and oxygen atoms in total. The third-order valence-corrected chi connectivity index (χ3v) is 5.53. The number of nitrogens with two attached hydrogens (primary N) is 1. The summed E-state index contributed by atoms with van der Waals surface area (Å²) in [4.78, 5) is 26.9. The van der Waals surface area contributed by atoms with Crippen molar-refractivity contribution in [2.45, 2.75) is 25.3 Å². The monoisotopic (exact) mass is 395 g/mol. The molecule has 0 aliphatic carbocycles. The second-order valence-electron chi connectivity index (χ2n) is 7.56. The van der Waals surface area contributed by atoms with E-state index in [2.05, 4.69) is 17.4 Å². The van der Waals surface area contributed by atoms with Gasteiger partial charge in [0.2, 0.25) is 11.8 Å². The molecule has 29 heavy (non-hydrogen) atoms. The lowest BCUT2D eigenvalue weighted by molar-refractivity contribution is -0.135. The molecule has 1 aliphatic heterocycles. The van der Waals surface area contributed by atoms with Crippen molar-refractivity contribution >= 4 is 11.8 Å². The third kappa shape index (κ3) is 5.15. The lowest BCUT2D eigenvalue weighted by Gasteiger charge is -2.24. The van der Waals surface area contributed by atoms with Gasteiger partial charge in [-0.1, -0.05) is 42.5 Å². The molecule has 154 valence electrons. The van der Waals surface area contributed by atoms with E-state index in [4.69, 9.17) is 10.5 Å². The lowest BCUT2D eigenvalue weighted by atomic mass is 9.89. The summed E-state index contributed by atoms with van der Waals surface area (Å²) < 4.78 is 5.27. The number of hydrogen-bond donors (Lipinski definition) is 2. The van der Waals surface area contributed by atoms with Crippen molar-refractivity contribution in [1.29, 1.82) is 0 Å². The van der Waals surface area contributed by atoms with Crippen LogP contribution < -0.4 is 15.8 Å². The summed E-state index contributed by atoms with van der Waals surface area (Å²) in [7, 11) is 1.61. The number of carbonyl (C=O) groups is 2. The Hall–Kier alpha value is -2.86. The molecule has 2 aromatic rings. The number of likely N-dealkylation sites (tertiary alicyclic amines) is 1. The molecule has 3 rings (SSSR count). The van der Waals surface area contributed by atoms with Crippen molar-refractivity contribution in [1.82, 2.24) is 10.2 Å². The lowest BCUT2D eigenvalue weighted by Crippen LogP contribution is -2.48. The molecular weight excluding hydrogens is 366 g/mol. The Labute approximate surface area is 172 Å². The number of methoxy groups -OCH3 is 1. The maximum atomic E-state index is 13.3. The predicted molar refractivity (Wildman–Crippen MR) is 113 cm³/mol. The third-order valence-electron chi connectivity index (χ3n) is 5.53. The van der Waals surface area contributed by atoms with Crippen LogP contribution in [-0.4, -0.2) is 49.5 Å². The molecule has 1 aliphatic rings. The Bertz CT molecular complexity index is 840. The van der Waals surface area contributed by atoms with E-state index < -0.39 is 6.04 Å². The van der Waals surface area contributed by atoms with Gasteiger partial charge in [0.05, 0.1) is 7.11 Å². The number of benzene rings is 2. The summed E-state index contributed by atoms with van der Waals surface area (Å²) in [5.74, 6) is 0.849. The van der Waals surface area contributed by atoms with Crippen molar-refractivity contribution in [2.75, 3.05) is 26.7 Å². The van der Waals surface area contributed by atoms with E-state index in [1.54, 1.807) is 7.11 Å². The van der Waals surface area contributed by atoms with Crippen LogP contribution in [0.15, 0.2) is 54.6 Å². The van der Waals surface area contributed by atoms with Crippen molar-refractivity contribution in [3.8, 4) is 5.75 Å². The summed E-state index contributed by atoms with van der Waals surface area (Å²) >= 11 is 0. The summed E-state index contributed by atoms with van der Waals surface area (Å²) in [5.41, 5.74) is 8.15. The van der Waals surface area contributed by atoms with Crippen molar-refractivity contribution in [3.63, 3.8) is 0 Å². The highest BCUT2D eigenvalue weighted by Gasteiger charge is 2.37. The van der Waals surface area contributed by atoms with Crippen LogP contribution >= 0.6 is 0 Å². The summed E-state index contributed by atoms with van der Waals surface area (Å²) in [6.45, 7) is 3.16. The smallest absolute Gasteiger partial charge is 0.245 e. The van der Waals surface area contributed by atoms with Crippen LogP contribution in [0.1, 0.15) is 24.0 Å². The van der Waals surface area contributed by atoms with E-state index in [1.165, 1.54) is 12.5 Å². The number of amides is 2. The van der Waals surface area contributed by atoms with E-state index in [9.17, 15) is 9.59 Å². The molecule has 3 N–H and O–H groups in total. The highest BCUT2D eigenvalue weighted by molar-refractivity contribution is 5.87. The van der Waals surface area contributed by atoms with Crippen molar-refractivity contribution in [2.24, 2.45) is 11.7 Å². The Kier molecular flexibility index (Phi) is 6.88. The molecule has 0 aromatic heterocycles. The zero-order chi connectivity index (χ0) is 20.8. The van der Waals surface area contributed by atoms with Crippen LogP contribution in [-0.2, 0) is 16.0 Å².